The fourth-order valence-corrected chi connectivity index (χ4v) is 3.68. The molecule has 0 radical (unpaired) electrons. The first kappa shape index (κ1) is 20.9. The van der Waals surface area contributed by atoms with Crippen molar-refractivity contribution in [2.24, 2.45) is 0 Å². The normalized spacial score (nSPS) is 10.4. The third kappa shape index (κ3) is 4.78. The summed E-state index contributed by atoms with van der Waals surface area (Å²) in [6.45, 7) is 1.41. The first-order chi connectivity index (χ1) is 14.4. The molecule has 10 heteroatoms. The van der Waals surface area contributed by atoms with Crippen molar-refractivity contribution in [1.29, 1.82) is 0 Å². The fourth-order valence-electron chi connectivity index (χ4n) is 2.67. The van der Waals surface area contributed by atoms with E-state index in [0.717, 1.165) is 33.3 Å². The zero-order chi connectivity index (χ0) is 21.7. The van der Waals surface area contributed by atoms with Gasteiger partial charge in [0.2, 0.25) is 5.91 Å². The summed E-state index contributed by atoms with van der Waals surface area (Å²) in [6, 6.07) is 13.1. The number of anilines is 1. The molecule has 0 aliphatic carbocycles. The number of carbonyl (C=O) groups is 2. The van der Waals surface area contributed by atoms with Gasteiger partial charge >= 0.3 is 5.97 Å². The van der Waals surface area contributed by atoms with Gasteiger partial charge in [-0.3, -0.25) is 24.3 Å². The molecule has 2 heterocycles. The van der Waals surface area contributed by atoms with E-state index in [1.807, 2.05) is 30.3 Å². The minimum atomic E-state index is -0.655. The number of nitrogens with one attached hydrogen (secondary N) is 1. The minimum absolute atomic E-state index is 0.174. The third-order valence-electron chi connectivity index (χ3n) is 4.02. The molecule has 3 rings (SSSR count). The molecule has 0 fully saturated rings. The number of aromatic nitrogens is 1. The van der Waals surface area contributed by atoms with E-state index in [-0.39, 0.29) is 22.9 Å². The van der Waals surface area contributed by atoms with E-state index < -0.39 is 28.9 Å². The second-order valence-electron chi connectivity index (χ2n) is 6.10. The second kappa shape index (κ2) is 9.14. The molecular formula is C20H17N3O6S. The van der Waals surface area contributed by atoms with Gasteiger partial charge in [0, 0.05) is 17.0 Å². The molecule has 9 nitrogen and oxygen atoms in total. The quantitative estimate of drug-likeness (QED) is 0.351. The van der Waals surface area contributed by atoms with E-state index >= 15 is 0 Å². The summed E-state index contributed by atoms with van der Waals surface area (Å²) in [4.78, 5) is 48.0. The maximum atomic E-state index is 12.5. The smallest absolute Gasteiger partial charge is 0.350 e. The largest absolute Gasteiger partial charge is 0.462 e. The van der Waals surface area contributed by atoms with Crippen LogP contribution in [0.2, 0.25) is 0 Å². The number of carbonyl (C=O) groups excluding carboxylic acids is 2. The van der Waals surface area contributed by atoms with E-state index in [9.17, 15) is 24.5 Å². The molecule has 0 spiro atoms. The number of nitrogens with zero attached hydrogens (tertiary/aromatic N) is 2. The number of ether oxygens (including phenoxy) is 1. The Labute approximate surface area is 174 Å². The SMILES string of the molecule is CCOC(=O)c1sc(-c2ccccc2)cc1NC(=O)Cn1cc([N+](=O)[O-])ccc1=O. The number of thiophene rings is 1. The third-order valence-corrected chi connectivity index (χ3v) is 5.18. The van der Waals surface area contributed by atoms with Crippen molar-refractivity contribution in [3.05, 3.63) is 80.1 Å². The average molecular weight is 427 g/mol. The molecule has 0 aliphatic rings. The number of rotatable bonds is 7. The molecule has 1 N–H and O–H groups in total. The molecule has 3 aromatic rings. The van der Waals surface area contributed by atoms with Crippen LogP contribution >= 0.6 is 11.3 Å². The fraction of sp³-hybridized carbons (Fsp3) is 0.150. The van der Waals surface area contributed by atoms with Crippen LogP contribution in [0.25, 0.3) is 10.4 Å². The number of hydrogen-bond donors (Lipinski definition) is 1. The van der Waals surface area contributed by atoms with Gasteiger partial charge in [-0.2, -0.15) is 0 Å². The van der Waals surface area contributed by atoms with Crippen molar-refractivity contribution in [1.82, 2.24) is 4.57 Å². The summed E-state index contributed by atoms with van der Waals surface area (Å²) in [5.74, 6) is -1.19. The molecule has 0 atom stereocenters. The van der Waals surface area contributed by atoms with E-state index in [1.54, 1.807) is 13.0 Å². The zero-order valence-corrected chi connectivity index (χ0v) is 16.7. The molecule has 30 heavy (non-hydrogen) atoms. The van der Waals surface area contributed by atoms with Gasteiger partial charge in [0.05, 0.1) is 23.4 Å². The molecule has 0 bridgehead atoms. The van der Waals surface area contributed by atoms with Crippen molar-refractivity contribution >= 4 is 34.6 Å². The first-order valence-corrected chi connectivity index (χ1v) is 9.71. The van der Waals surface area contributed by atoms with Gasteiger partial charge < -0.3 is 10.1 Å². The molecule has 0 aliphatic heterocycles. The van der Waals surface area contributed by atoms with Crippen LogP contribution < -0.4 is 10.9 Å². The number of pyridine rings is 1. The lowest BCUT2D eigenvalue weighted by molar-refractivity contribution is -0.385. The topological polar surface area (TPSA) is 121 Å². The lowest BCUT2D eigenvalue weighted by Crippen LogP contribution is -2.27. The van der Waals surface area contributed by atoms with Crippen molar-refractivity contribution < 1.29 is 19.2 Å². The van der Waals surface area contributed by atoms with Crippen LogP contribution in [-0.4, -0.2) is 28.0 Å². The zero-order valence-electron chi connectivity index (χ0n) is 15.9. The van der Waals surface area contributed by atoms with E-state index in [1.165, 1.54) is 11.3 Å². The Hall–Kier alpha value is -3.79. The molecule has 0 unspecified atom stereocenters. The second-order valence-corrected chi connectivity index (χ2v) is 7.15. The molecule has 1 aromatic carbocycles. The summed E-state index contributed by atoms with van der Waals surface area (Å²) in [5.41, 5.74) is 0.248. The summed E-state index contributed by atoms with van der Waals surface area (Å²) in [6.07, 6.45) is 0.997. The van der Waals surface area contributed by atoms with Gasteiger partial charge in [0.25, 0.3) is 11.2 Å². The molecule has 0 saturated carbocycles. The lowest BCUT2D eigenvalue weighted by atomic mass is 10.2. The van der Waals surface area contributed by atoms with Crippen LogP contribution in [0.1, 0.15) is 16.6 Å². The highest BCUT2D eigenvalue weighted by atomic mass is 32.1. The number of hydrogen-bond acceptors (Lipinski definition) is 7. The highest BCUT2D eigenvalue weighted by Gasteiger charge is 2.20. The Morgan fingerprint density at radius 1 is 1.20 bits per heavy atom. The summed E-state index contributed by atoms with van der Waals surface area (Å²) >= 11 is 1.17. The highest BCUT2D eigenvalue weighted by molar-refractivity contribution is 7.18. The molecule has 0 saturated heterocycles. The number of amides is 1. The monoisotopic (exact) mass is 427 g/mol. The Bertz CT molecular complexity index is 1150. The van der Waals surface area contributed by atoms with Gasteiger partial charge in [-0.15, -0.1) is 11.3 Å². The van der Waals surface area contributed by atoms with Crippen LogP contribution in [0, 0.1) is 10.1 Å². The predicted octanol–water partition coefficient (Wildman–Crippen LogP) is 3.30. The van der Waals surface area contributed by atoms with Gasteiger partial charge in [-0.1, -0.05) is 30.3 Å². The van der Waals surface area contributed by atoms with Gasteiger partial charge in [-0.05, 0) is 18.6 Å². The van der Waals surface area contributed by atoms with Crippen molar-refractivity contribution in [2.45, 2.75) is 13.5 Å². The summed E-state index contributed by atoms with van der Waals surface area (Å²) in [7, 11) is 0. The standard InChI is InChI=1S/C20H17N3O6S/c1-2-29-20(26)19-15(10-16(30-19)13-6-4-3-5-7-13)21-17(24)12-22-11-14(23(27)28)8-9-18(22)25/h3-11H,2,12H2,1H3,(H,21,24). The van der Waals surface area contributed by atoms with Crippen LogP contribution in [0.15, 0.2) is 59.5 Å². The number of benzene rings is 1. The van der Waals surface area contributed by atoms with E-state index in [4.69, 9.17) is 4.74 Å². The molecule has 1 amide bonds. The summed E-state index contributed by atoms with van der Waals surface area (Å²) < 4.78 is 6.00. The lowest BCUT2D eigenvalue weighted by Gasteiger charge is -2.08. The molecule has 154 valence electrons. The van der Waals surface area contributed by atoms with Crippen molar-refractivity contribution in [3.63, 3.8) is 0 Å². The Morgan fingerprint density at radius 3 is 2.60 bits per heavy atom. The maximum absolute atomic E-state index is 12.5. The van der Waals surface area contributed by atoms with Crippen molar-refractivity contribution in [2.75, 3.05) is 11.9 Å². The van der Waals surface area contributed by atoms with E-state index in [0.29, 0.717) is 0 Å². The van der Waals surface area contributed by atoms with Gasteiger partial charge in [0.15, 0.2) is 0 Å². The van der Waals surface area contributed by atoms with Gasteiger partial charge in [-0.25, -0.2) is 4.79 Å². The number of esters is 1. The first-order valence-electron chi connectivity index (χ1n) is 8.90. The predicted molar refractivity (Wildman–Crippen MR) is 112 cm³/mol. The van der Waals surface area contributed by atoms with E-state index in [2.05, 4.69) is 5.32 Å². The van der Waals surface area contributed by atoms with Gasteiger partial charge in [0.1, 0.15) is 11.4 Å². The summed E-state index contributed by atoms with van der Waals surface area (Å²) in [5, 5.41) is 13.5. The average Bonchev–Trinajstić information content (AvgIpc) is 3.14. The Morgan fingerprint density at radius 2 is 1.93 bits per heavy atom. The van der Waals surface area contributed by atoms with Crippen LogP contribution in [-0.2, 0) is 16.1 Å². The number of nitro groups is 1. The molecule has 2 aromatic heterocycles. The Kier molecular flexibility index (Phi) is 6.38. The minimum Gasteiger partial charge on any atom is -0.462 e. The van der Waals surface area contributed by atoms with Crippen LogP contribution in [0.5, 0.6) is 0 Å². The van der Waals surface area contributed by atoms with Crippen LogP contribution in [0.3, 0.4) is 0 Å². The van der Waals surface area contributed by atoms with Crippen molar-refractivity contribution in [3.8, 4) is 10.4 Å². The maximum Gasteiger partial charge on any atom is 0.350 e. The van der Waals surface area contributed by atoms with Crippen LogP contribution in [0.4, 0.5) is 11.4 Å². The highest BCUT2D eigenvalue weighted by Crippen LogP contribution is 2.35. The Balaban J connectivity index is 1.88. The molecular weight excluding hydrogens is 410 g/mol.